The second-order valence-electron chi connectivity index (χ2n) is 10.6. The SMILES string of the molecule is COc1ccccc1Cn1c(C)c(-c2ccccc2F)c(=O)n(CC(NC(=O)OC(C)(C)C)c2ccccc2)c1=O. The lowest BCUT2D eigenvalue weighted by molar-refractivity contribution is 0.0497. The minimum Gasteiger partial charge on any atom is -0.496 e. The van der Waals surface area contributed by atoms with Crippen molar-refractivity contribution in [2.45, 2.75) is 52.4 Å². The molecule has 0 fully saturated rings. The highest BCUT2D eigenvalue weighted by Crippen LogP contribution is 2.25. The van der Waals surface area contributed by atoms with Crippen LogP contribution in [0.2, 0.25) is 0 Å². The number of nitrogens with one attached hydrogen (secondary N) is 1. The highest BCUT2D eigenvalue weighted by atomic mass is 19.1. The standard InChI is InChI=1S/C32H34FN3O5/c1-21-28(24-16-10-11-17-25(24)33)29(37)36(31(39)35(21)19-23-15-9-12-18-27(23)40-5)20-26(22-13-7-6-8-14-22)34-30(38)41-32(2,3)4/h6-18,26H,19-20H2,1-5H3,(H,34,38). The molecule has 0 saturated carbocycles. The van der Waals surface area contributed by atoms with E-state index in [1.807, 2.05) is 24.3 Å². The van der Waals surface area contributed by atoms with E-state index in [2.05, 4.69) is 5.32 Å². The van der Waals surface area contributed by atoms with Gasteiger partial charge in [-0.25, -0.2) is 14.0 Å². The normalized spacial score (nSPS) is 12.0. The van der Waals surface area contributed by atoms with Crippen LogP contribution in [-0.2, 0) is 17.8 Å². The van der Waals surface area contributed by atoms with Gasteiger partial charge in [0.15, 0.2) is 0 Å². The maximum Gasteiger partial charge on any atom is 0.408 e. The van der Waals surface area contributed by atoms with Crippen LogP contribution in [0.1, 0.15) is 43.6 Å². The maximum absolute atomic E-state index is 15.1. The number of hydrogen-bond acceptors (Lipinski definition) is 5. The summed E-state index contributed by atoms with van der Waals surface area (Å²) in [6.07, 6.45) is -0.699. The number of ether oxygens (including phenoxy) is 2. The lowest BCUT2D eigenvalue weighted by atomic mass is 10.0. The molecule has 0 aliphatic heterocycles. The van der Waals surface area contributed by atoms with Crippen molar-refractivity contribution in [3.63, 3.8) is 0 Å². The largest absolute Gasteiger partial charge is 0.496 e. The topological polar surface area (TPSA) is 91.6 Å². The van der Waals surface area contributed by atoms with E-state index in [0.717, 1.165) is 4.57 Å². The predicted molar refractivity (Wildman–Crippen MR) is 156 cm³/mol. The number of hydrogen-bond donors (Lipinski definition) is 1. The molecule has 8 nitrogen and oxygen atoms in total. The van der Waals surface area contributed by atoms with Crippen LogP contribution in [-0.4, -0.2) is 27.9 Å². The number of benzene rings is 3. The second kappa shape index (κ2) is 12.2. The van der Waals surface area contributed by atoms with Crippen molar-refractivity contribution in [2.75, 3.05) is 7.11 Å². The van der Waals surface area contributed by atoms with Gasteiger partial charge in [-0.1, -0.05) is 66.7 Å². The van der Waals surface area contributed by atoms with Crippen molar-refractivity contribution in [3.8, 4) is 16.9 Å². The van der Waals surface area contributed by atoms with Crippen molar-refractivity contribution >= 4 is 6.09 Å². The molecular formula is C32H34FN3O5. The summed E-state index contributed by atoms with van der Waals surface area (Å²) in [4.78, 5) is 40.8. The summed E-state index contributed by atoms with van der Waals surface area (Å²) < 4.78 is 28.5. The summed E-state index contributed by atoms with van der Waals surface area (Å²) in [6, 6.07) is 21.4. The zero-order valence-electron chi connectivity index (χ0n) is 23.8. The molecule has 1 atom stereocenters. The van der Waals surface area contributed by atoms with Gasteiger partial charge in [0.05, 0.1) is 31.8 Å². The number of alkyl carbamates (subject to hydrolysis) is 1. The van der Waals surface area contributed by atoms with E-state index >= 15 is 4.39 Å². The van der Waals surface area contributed by atoms with E-state index in [4.69, 9.17) is 9.47 Å². The van der Waals surface area contributed by atoms with Gasteiger partial charge in [-0.2, -0.15) is 0 Å². The third kappa shape index (κ3) is 6.74. The Kier molecular flexibility index (Phi) is 8.76. The summed E-state index contributed by atoms with van der Waals surface area (Å²) in [6.45, 7) is 6.71. The molecule has 1 amide bonds. The smallest absolute Gasteiger partial charge is 0.408 e. The minimum absolute atomic E-state index is 0.0571. The fourth-order valence-corrected chi connectivity index (χ4v) is 4.68. The van der Waals surface area contributed by atoms with Crippen LogP contribution in [0, 0.1) is 12.7 Å². The monoisotopic (exact) mass is 559 g/mol. The lowest BCUT2D eigenvalue weighted by Gasteiger charge is -2.25. The number of halogens is 1. The third-order valence-corrected chi connectivity index (χ3v) is 6.61. The van der Waals surface area contributed by atoms with E-state index in [0.29, 0.717) is 22.6 Å². The van der Waals surface area contributed by atoms with Gasteiger partial charge < -0.3 is 14.8 Å². The van der Waals surface area contributed by atoms with E-state index in [1.165, 1.54) is 29.9 Å². The Morgan fingerprint density at radius 1 is 0.927 bits per heavy atom. The molecule has 0 radical (unpaired) electrons. The minimum atomic E-state index is -0.799. The van der Waals surface area contributed by atoms with Crippen LogP contribution in [0.4, 0.5) is 9.18 Å². The van der Waals surface area contributed by atoms with E-state index in [9.17, 15) is 14.4 Å². The number of nitrogens with zero attached hydrogens (tertiary/aromatic N) is 2. The molecule has 4 rings (SSSR count). The first kappa shape index (κ1) is 29.3. The van der Waals surface area contributed by atoms with Gasteiger partial charge in [0.1, 0.15) is 17.2 Å². The fraction of sp³-hybridized carbons (Fsp3) is 0.281. The number of rotatable bonds is 8. The van der Waals surface area contributed by atoms with Crippen LogP contribution in [0.25, 0.3) is 11.1 Å². The number of carbonyl (C=O) groups excluding carboxylic acids is 1. The van der Waals surface area contributed by atoms with Gasteiger partial charge in [0.25, 0.3) is 5.56 Å². The van der Waals surface area contributed by atoms with Gasteiger partial charge in [-0.15, -0.1) is 0 Å². The Bertz CT molecular complexity index is 1650. The molecule has 9 heteroatoms. The Labute approximate surface area is 238 Å². The maximum atomic E-state index is 15.1. The number of amides is 1. The van der Waals surface area contributed by atoms with Crippen LogP contribution >= 0.6 is 0 Å². The van der Waals surface area contributed by atoms with Crippen molar-refractivity contribution in [1.29, 1.82) is 0 Å². The number of para-hydroxylation sites is 1. The number of aromatic nitrogens is 2. The molecule has 1 heterocycles. The molecule has 214 valence electrons. The second-order valence-corrected chi connectivity index (χ2v) is 10.6. The lowest BCUT2D eigenvalue weighted by Crippen LogP contribution is -2.46. The van der Waals surface area contributed by atoms with Gasteiger partial charge in [0, 0.05) is 16.8 Å². The van der Waals surface area contributed by atoms with Crippen molar-refractivity contribution in [3.05, 3.63) is 122 Å². The van der Waals surface area contributed by atoms with Gasteiger partial charge in [0.2, 0.25) is 0 Å². The highest BCUT2D eigenvalue weighted by molar-refractivity contribution is 5.68. The molecule has 1 unspecified atom stereocenters. The molecular weight excluding hydrogens is 525 g/mol. The molecule has 0 bridgehead atoms. The van der Waals surface area contributed by atoms with Crippen LogP contribution < -0.4 is 21.3 Å². The Balaban J connectivity index is 1.91. The molecule has 0 aliphatic carbocycles. The fourth-order valence-electron chi connectivity index (χ4n) is 4.68. The average molecular weight is 560 g/mol. The zero-order chi connectivity index (χ0) is 29.7. The summed E-state index contributed by atoms with van der Waals surface area (Å²) in [5.41, 5.74) is -0.221. The first-order valence-corrected chi connectivity index (χ1v) is 13.3. The molecule has 41 heavy (non-hydrogen) atoms. The molecule has 0 aliphatic rings. The van der Waals surface area contributed by atoms with E-state index in [1.54, 1.807) is 64.1 Å². The molecule has 1 N–H and O–H groups in total. The zero-order valence-corrected chi connectivity index (χ0v) is 23.8. The van der Waals surface area contributed by atoms with Crippen molar-refractivity contribution in [1.82, 2.24) is 14.5 Å². The Morgan fingerprint density at radius 2 is 1.56 bits per heavy atom. The van der Waals surface area contributed by atoms with E-state index in [-0.39, 0.29) is 24.2 Å². The summed E-state index contributed by atoms with van der Waals surface area (Å²) in [5.74, 6) is -0.0222. The molecule has 0 saturated heterocycles. The van der Waals surface area contributed by atoms with Crippen molar-refractivity contribution < 1.29 is 18.7 Å². The Morgan fingerprint density at radius 3 is 2.22 bits per heavy atom. The van der Waals surface area contributed by atoms with Gasteiger partial charge in [-0.3, -0.25) is 13.9 Å². The molecule has 0 spiro atoms. The molecule has 1 aromatic heterocycles. The van der Waals surface area contributed by atoms with Gasteiger partial charge in [-0.05, 0) is 45.4 Å². The van der Waals surface area contributed by atoms with Crippen LogP contribution in [0.3, 0.4) is 0 Å². The van der Waals surface area contributed by atoms with Crippen LogP contribution in [0.5, 0.6) is 5.75 Å². The summed E-state index contributed by atoms with van der Waals surface area (Å²) >= 11 is 0. The third-order valence-electron chi connectivity index (χ3n) is 6.61. The quantitative estimate of drug-likeness (QED) is 0.310. The van der Waals surface area contributed by atoms with Crippen LogP contribution in [0.15, 0.2) is 88.5 Å². The summed E-state index contributed by atoms with van der Waals surface area (Å²) in [5, 5.41) is 2.80. The average Bonchev–Trinajstić information content (AvgIpc) is 2.93. The summed E-state index contributed by atoms with van der Waals surface area (Å²) in [7, 11) is 1.53. The molecule has 3 aromatic carbocycles. The highest BCUT2D eigenvalue weighted by Gasteiger charge is 2.25. The Hall–Kier alpha value is -4.66. The molecule has 4 aromatic rings. The number of carbonyl (C=O) groups is 1. The van der Waals surface area contributed by atoms with Crippen molar-refractivity contribution in [2.24, 2.45) is 0 Å². The first-order chi connectivity index (χ1) is 19.5. The van der Waals surface area contributed by atoms with E-state index < -0.39 is 34.8 Å². The predicted octanol–water partition coefficient (Wildman–Crippen LogP) is 5.45. The first-order valence-electron chi connectivity index (χ1n) is 13.3. The number of methoxy groups -OCH3 is 1. The van der Waals surface area contributed by atoms with Gasteiger partial charge >= 0.3 is 11.8 Å².